The number of carbonyl (C=O) groups excluding carboxylic acids is 3. The fraction of sp³-hybridized carbons (Fsp3) is 0.333. The lowest BCUT2D eigenvalue weighted by Gasteiger charge is -2.27. The second-order valence-electron chi connectivity index (χ2n) is 7.14. The van der Waals surface area contributed by atoms with E-state index in [1.165, 1.54) is 9.80 Å². The summed E-state index contributed by atoms with van der Waals surface area (Å²) >= 11 is 0. The van der Waals surface area contributed by atoms with Crippen molar-refractivity contribution in [2.75, 3.05) is 38.3 Å². The Balaban J connectivity index is 1.72. The summed E-state index contributed by atoms with van der Waals surface area (Å²) in [5.74, 6) is 0.606. The number of ether oxygens (including phenoxy) is 3. The Morgan fingerprint density at radius 1 is 1.00 bits per heavy atom. The molecule has 0 spiro atoms. The number of anilines is 1. The Kier molecular flexibility index (Phi) is 8.44. The highest BCUT2D eigenvalue weighted by atomic mass is 16.6. The van der Waals surface area contributed by atoms with Gasteiger partial charge in [-0.2, -0.15) is 0 Å². The first-order valence-electron chi connectivity index (χ1n) is 10.9. The van der Waals surface area contributed by atoms with Crippen molar-refractivity contribution in [2.45, 2.75) is 20.4 Å². The summed E-state index contributed by atoms with van der Waals surface area (Å²) < 4.78 is 15.4. The molecule has 1 aliphatic rings. The SMILES string of the molecule is CCOC(=O)N1CCN=C1N(C(=O)OCC)c1ccc(CNC(=O)c2ccc(OC)cc2)cc1. The molecule has 0 atom stereocenters. The fourth-order valence-electron chi connectivity index (χ4n) is 3.28. The number of hydrogen-bond donors (Lipinski definition) is 1. The molecule has 0 radical (unpaired) electrons. The molecule has 0 unspecified atom stereocenters. The van der Waals surface area contributed by atoms with Crippen LogP contribution in [0.2, 0.25) is 0 Å². The molecule has 34 heavy (non-hydrogen) atoms. The summed E-state index contributed by atoms with van der Waals surface area (Å²) in [6.07, 6.45) is -1.23. The lowest BCUT2D eigenvalue weighted by Crippen LogP contribution is -2.48. The summed E-state index contributed by atoms with van der Waals surface area (Å²) in [5.41, 5.74) is 1.81. The van der Waals surface area contributed by atoms with E-state index < -0.39 is 12.2 Å². The average Bonchev–Trinajstić information content (AvgIpc) is 3.33. The molecule has 0 aromatic heterocycles. The van der Waals surface area contributed by atoms with Crippen LogP contribution in [0.4, 0.5) is 15.3 Å². The highest BCUT2D eigenvalue weighted by molar-refractivity contribution is 6.17. The molecule has 1 N–H and O–H groups in total. The number of rotatable bonds is 7. The number of amides is 3. The van der Waals surface area contributed by atoms with Gasteiger partial charge in [0.2, 0.25) is 5.96 Å². The van der Waals surface area contributed by atoms with Gasteiger partial charge in [0.05, 0.1) is 39.1 Å². The first-order valence-corrected chi connectivity index (χ1v) is 10.9. The fourth-order valence-corrected chi connectivity index (χ4v) is 3.28. The van der Waals surface area contributed by atoms with Crippen LogP contribution < -0.4 is 15.0 Å². The number of carbonyl (C=O) groups is 3. The summed E-state index contributed by atoms with van der Waals surface area (Å²) in [5, 5.41) is 2.86. The normalized spacial score (nSPS) is 12.6. The Bertz CT molecular complexity index is 1040. The average molecular weight is 469 g/mol. The maximum absolute atomic E-state index is 12.7. The van der Waals surface area contributed by atoms with E-state index in [-0.39, 0.29) is 25.1 Å². The number of nitrogens with zero attached hydrogens (tertiary/aromatic N) is 3. The van der Waals surface area contributed by atoms with Gasteiger partial charge in [-0.25, -0.2) is 24.4 Å². The third-order valence-electron chi connectivity index (χ3n) is 4.96. The molecule has 1 heterocycles. The van der Waals surface area contributed by atoms with Crippen molar-refractivity contribution in [2.24, 2.45) is 4.99 Å². The number of methoxy groups -OCH3 is 1. The van der Waals surface area contributed by atoms with Gasteiger partial charge < -0.3 is 19.5 Å². The highest BCUT2D eigenvalue weighted by Gasteiger charge is 2.34. The molecule has 3 amide bonds. The van der Waals surface area contributed by atoms with Crippen LogP contribution in [-0.2, 0) is 16.0 Å². The van der Waals surface area contributed by atoms with Crippen molar-refractivity contribution in [1.29, 1.82) is 0 Å². The smallest absolute Gasteiger partial charge is 0.421 e. The Labute approximate surface area is 198 Å². The van der Waals surface area contributed by atoms with E-state index in [0.717, 1.165) is 5.56 Å². The van der Waals surface area contributed by atoms with E-state index in [9.17, 15) is 14.4 Å². The minimum absolute atomic E-state index is 0.150. The zero-order valence-electron chi connectivity index (χ0n) is 19.4. The maximum Gasteiger partial charge on any atom is 0.421 e. The van der Waals surface area contributed by atoms with Crippen LogP contribution in [0, 0.1) is 0 Å². The van der Waals surface area contributed by atoms with Gasteiger partial charge in [0, 0.05) is 12.1 Å². The molecular weight excluding hydrogens is 440 g/mol. The third kappa shape index (κ3) is 5.83. The Morgan fingerprint density at radius 3 is 2.29 bits per heavy atom. The van der Waals surface area contributed by atoms with E-state index in [1.807, 2.05) is 0 Å². The Hall–Kier alpha value is -4.08. The van der Waals surface area contributed by atoms with Gasteiger partial charge in [-0.1, -0.05) is 12.1 Å². The van der Waals surface area contributed by atoms with Crippen LogP contribution in [-0.4, -0.2) is 62.4 Å². The quantitative estimate of drug-likeness (QED) is 0.667. The molecular formula is C24H28N4O6. The first kappa shape index (κ1) is 24.6. The third-order valence-corrected chi connectivity index (χ3v) is 4.96. The highest BCUT2D eigenvalue weighted by Crippen LogP contribution is 2.21. The molecule has 2 aromatic carbocycles. The van der Waals surface area contributed by atoms with Crippen molar-refractivity contribution in [3.05, 3.63) is 59.7 Å². The van der Waals surface area contributed by atoms with Crippen molar-refractivity contribution >= 4 is 29.7 Å². The number of guanidine groups is 1. The predicted molar refractivity (Wildman–Crippen MR) is 126 cm³/mol. The Morgan fingerprint density at radius 2 is 1.68 bits per heavy atom. The number of hydrogen-bond acceptors (Lipinski definition) is 7. The molecule has 0 bridgehead atoms. The monoisotopic (exact) mass is 468 g/mol. The molecule has 10 nitrogen and oxygen atoms in total. The molecule has 0 fully saturated rings. The minimum atomic E-state index is -0.655. The van der Waals surface area contributed by atoms with E-state index in [0.29, 0.717) is 36.6 Å². The van der Waals surface area contributed by atoms with Crippen LogP contribution in [0.3, 0.4) is 0 Å². The zero-order chi connectivity index (χ0) is 24.5. The molecule has 1 aliphatic heterocycles. The standard InChI is InChI=1S/C24H28N4O6/c1-4-33-23(30)27-15-14-25-22(27)28(24(31)34-5-2)19-10-6-17(7-11-19)16-26-21(29)18-8-12-20(32-3)13-9-18/h6-13H,4-5,14-16H2,1-3H3,(H,26,29). The topological polar surface area (TPSA) is 110 Å². The van der Waals surface area contributed by atoms with Crippen LogP contribution in [0.5, 0.6) is 5.75 Å². The van der Waals surface area contributed by atoms with E-state index >= 15 is 0 Å². The van der Waals surface area contributed by atoms with Crippen LogP contribution >= 0.6 is 0 Å². The van der Waals surface area contributed by atoms with Crippen LogP contribution in [0.15, 0.2) is 53.5 Å². The molecule has 0 saturated heterocycles. The number of nitrogens with one attached hydrogen (secondary N) is 1. The summed E-state index contributed by atoms with van der Waals surface area (Å²) in [6.45, 7) is 4.72. The van der Waals surface area contributed by atoms with Crippen LogP contribution in [0.1, 0.15) is 29.8 Å². The summed E-state index contributed by atoms with van der Waals surface area (Å²) in [4.78, 5) is 44.3. The van der Waals surface area contributed by atoms with Gasteiger partial charge in [0.15, 0.2) is 0 Å². The van der Waals surface area contributed by atoms with Crippen molar-refractivity contribution < 1.29 is 28.6 Å². The van der Waals surface area contributed by atoms with Crippen molar-refractivity contribution in [3.8, 4) is 5.75 Å². The van der Waals surface area contributed by atoms with Gasteiger partial charge >= 0.3 is 12.2 Å². The molecule has 0 saturated carbocycles. The second-order valence-corrected chi connectivity index (χ2v) is 7.14. The van der Waals surface area contributed by atoms with E-state index in [4.69, 9.17) is 14.2 Å². The van der Waals surface area contributed by atoms with Gasteiger partial charge in [0.25, 0.3) is 5.91 Å². The summed E-state index contributed by atoms with van der Waals surface area (Å²) in [6, 6.07) is 13.8. The molecule has 3 rings (SSSR count). The second kappa shape index (κ2) is 11.7. The largest absolute Gasteiger partial charge is 0.497 e. The molecule has 180 valence electrons. The van der Waals surface area contributed by atoms with Crippen molar-refractivity contribution in [1.82, 2.24) is 10.2 Å². The lowest BCUT2D eigenvalue weighted by atomic mass is 10.1. The molecule has 2 aromatic rings. The van der Waals surface area contributed by atoms with Gasteiger partial charge in [-0.3, -0.25) is 4.79 Å². The van der Waals surface area contributed by atoms with Crippen LogP contribution in [0.25, 0.3) is 0 Å². The predicted octanol–water partition coefficient (Wildman–Crippen LogP) is 3.42. The van der Waals surface area contributed by atoms with Gasteiger partial charge in [-0.05, 0) is 55.8 Å². The summed E-state index contributed by atoms with van der Waals surface area (Å²) in [7, 11) is 1.56. The molecule has 0 aliphatic carbocycles. The lowest BCUT2D eigenvalue weighted by molar-refractivity contribution is 0.0950. The number of benzene rings is 2. The molecule has 10 heteroatoms. The number of aliphatic imine (C=N–C) groups is 1. The van der Waals surface area contributed by atoms with Gasteiger partial charge in [-0.15, -0.1) is 0 Å². The van der Waals surface area contributed by atoms with Gasteiger partial charge in [0.1, 0.15) is 5.75 Å². The van der Waals surface area contributed by atoms with Crippen molar-refractivity contribution in [3.63, 3.8) is 0 Å². The maximum atomic E-state index is 12.7. The van der Waals surface area contributed by atoms with E-state index in [2.05, 4.69) is 10.3 Å². The zero-order valence-corrected chi connectivity index (χ0v) is 19.4. The minimum Gasteiger partial charge on any atom is -0.497 e. The van der Waals surface area contributed by atoms with E-state index in [1.54, 1.807) is 69.5 Å². The first-order chi connectivity index (χ1) is 16.5.